The molecule has 0 amide bonds. The molecule has 1 heterocycles. The highest BCUT2D eigenvalue weighted by Crippen LogP contribution is 2.27. The van der Waals surface area contributed by atoms with Crippen molar-refractivity contribution in [2.45, 2.75) is 64.6 Å². The van der Waals surface area contributed by atoms with Crippen molar-refractivity contribution in [3.05, 3.63) is 36.0 Å². The van der Waals surface area contributed by atoms with Crippen molar-refractivity contribution in [3.63, 3.8) is 0 Å². The van der Waals surface area contributed by atoms with Crippen LogP contribution in [0.5, 0.6) is 0 Å². The standard InChI is InChI=1S/C21H30N2O2/c1-16(13-17-7-4-3-5-8-17)22-14-19-10-6-9-18-11-12-23(21(18)19)15-20(24)25-2/h6,9-12,16-17,22H,3-5,7-8,13-15H2,1-2H3. The van der Waals surface area contributed by atoms with Gasteiger partial charge in [0.05, 0.1) is 12.6 Å². The summed E-state index contributed by atoms with van der Waals surface area (Å²) in [5.41, 5.74) is 2.37. The fraction of sp³-hybridized carbons (Fsp3) is 0.571. The molecular formula is C21H30N2O2. The maximum absolute atomic E-state index is 11.7. The van der Waals surface area contributed by atoms with Crippen LogP contribution in [0.1, 0.15) is 51.0 Å². The van der Waals surface area contributed by atoms with Crippen LogP contribution in [-0.4, -0.2) is 23.7 Å². The van der Waals surface area contributed by atoms with E-state index < -0.39 is 0 Å². The second-order valence-electron chi connectivity index (χ2n) is 7.40. The highest BCUT2D eigenvalue weighted by Gasteiger charge is 2.17. The first kappa shape index (κ1) is 18.0. The van der Waals surface area contributed by atoms with Gasteiger partial charge in [0, 0.05) is 18.8 Å². The van der Waals surface area contributed by atoms with Gasteiger partial charge in [-0.15, -0.1) is 0 Å². The van der Waals surface area contributed by atoms with E-state index >= 15 is 0 Å². The van der Waals surface area contributed by atoms with Gasteiger partial charge >= 0.3 is 5.97 Å². The average molecular weight is 342 g/mol. The minimum atomic E-state index is -0.217. The molecule has 136 valence electrons. The Morgan fingerprint density at radius 3 is 2.84 bits per heavy atom. The molecule has 0 spiro atoms. The number of hydrogen-bond acceptors (Lipinski definition) is 3. The fourth-order valence-electron chi connectivity index (χ4n) is 4.11. The van der Waals surface area contributed by atoms with E-state index in [1.807, 2.05) is 10.8 Å². The van der Waals surface area contributed by atoms with Gasteiger partial charge in [-0.25, -0.2) is 0 Å². The molecule has 4 heteroatoms. The second kappa shape index (κ2) is 8.52. The third-order valence-electron chi connectivity index (χ3n) is 5.45. The largest absolute Gasteiger partial charge is 0.468 e. The van der Waals surface area contributed by atoms with Gasteiger partial charge in [-0.05, 0) is 36.3 Å². The number of carbonyl (C=O) groups is 1. The average Bonchev–Trinajstić information content (AvgIpc) is 3.04. The minimum absolute atomic E-state index is 0.217. The van der Waals surface area contributed by atoms with Gasteiger partial charge in [-0.1, -0.05) is 50.3 Å². The summed E-state index contributed by atoms with van der Waals surface area (Å²) in [5, 5.41) is 4.86. The molecule has 1 unspecified atom stereocenters. The van der Waals surface area contributed by atoms with Gasteiger partial charge in [0.2, 0.25) is 0 Å². The van der Waals surface area contributed by atoms with E-state index in [1.54, 1.807) is 0 Å². The molecule has 1 N–H and O–H groups in total. The Morgan fingerprint density at radius 1 is 1.28 bits per heavy atom. The zero-order valence-electron chi connectivity index (χ0n) is 15.5. The van der Waals surface area contributed by atoms with Gasteiger partial charge in [0.15, 0.2) is 0 Å². The molecule has 1 aliphatic carbocycles. The Morgan fingerprint density at radius 2 is 2.08 bits per heavy atom. The summed E-state index contributed by atoms with van der Waals surface area (Å²) in [4.78, 5) is 11.7. The topological polar surface area (TPSA) is 43.3 Å². The molecule has 0 aliphatic heterocycles. The molecule has 0 radical (unpaired) electrons. The van der Waals surface area contributed by atoms with Gasteiger partial charge in [0.1, 0.15) is 6.54 Å². The van der Waals surface area contributed by atoms with Gasteiger partial charge < -0.3 is 14.6 Å². The summed E-state index contributed by atoms with van der Waals surface area (Å²) >= 11 is 0. The predicted octanol–water partition coefficient (Wildman–Crippen LogP) is 4.26. The maximum atomic E-state index is 11.7. The number of carbonyl (C=O) groups excluding carboxylic acids is 1. The molecule has 25 heavy (non-hydrogen) atoms. The number of rotatable bonds is 7. The van der Waals surface area contributed by atoms with Crippen molar-refractivity contribution in [2.75, 3.05) is 7.11 Å². The van der Waals surface area contributed by atoms with Crippen molar-refractivity contribution in [1.29, 1.82) is 0 Å². The maximum Gasteiger partial charge on any atom is 0.325 e. The number of esters is 1. The second-order valence-corrected chi connectivity index (χ2v) is 7.40. The van der Waals surface area contributed by atoms with Gasteiger partial charge in [-0.2, -0.15) is 0 Å². The molecule has 1 atom stereocenters. The number of para-hydroxylation sites is 1. The van der Waals surface area contributed by atoms with Crippen molar-refractivity contribution < 1.29 is 9.53 Å². The molecule has 1 saturated carbocycles. The first-order valence-electron chi connectivity index (χ1n) is 9.54. The number of nitrogens with one attached hydrogen (secondary N) is 1. The molecular weight excluding hydrogens is 312 g/mol. The molecule has 1 aliphatic rings. The summed E-state index contributed by atoms with van der Waals surface area (Å²) in [6.45, 7) is 3.38. The van der Waals surface area contributed by atoms with Crippen LogP contribution in [0.4, 0.5) is 0 Å². The van der Waals surface area contributed by atoms with Crippen LogP contribution in [-0.2, 0) is 22.6 Å². The first-order valence-corrected chi connectivity index (χ1v) is 9.54. The first-order chi connectivity index (χ1) is 12.2. The molecule has 0 bridgehead atoms. The third kappa shape index (κ3) is 4.63. The smallest absolute Gasteiger partial charge is 0.325 e. The fourth-order valence-corrected chi connectivity index (χ4v) is 4.11. The lowest BCUT2D eigenvalue weighted by atomic mass is 9.85. The number of fused-ring (bicyclic) bond motifs is 1. The van der Waals surface area contributed by atoms with Crippen LogP contribution in [0.15, 0.2) is 30.5 Å². The van der Waals surface area contributed by atoms with E-state index in [1.165, 1.54) is 56.6 Å². The van der Waals surface area contributed by atoms with Crippen molar-refractivity contribution in [3.8, 4) is 0 Å². The van der Waals surface area contributed by atoms with Crippen LogP contribution >= 0.6 is 0 Å². The predicted molar refractivity (Wildman–Crippen MR) is 101 cm³/mol. The van der Waals surface area contributed by atoms with Crippen LogP contribution in [0, 0.1) is 5.92 Å². The lowest BCUT2D eigenvalue weighted by Gasteiger charge is -2.25. The monoisotopic (exact) mass is 342 g/mol. The number of ether oxygens (including phenoxy) is 1. The van der Waals surface area contributed by atoms with Crippen LogP contribution in [0.3, 0.4) is 0 Å². The summed E-state index contributed by atoms with van der Waals surface area (Å²) in [6, 6.07) is 8.91. The highest BCUT2D eigenvalue weighted by molar-refractivity contribution is 5.85. The lowest BCUT2D eigenvalue weighted by molar-refractivity contribution is -0.141. The van der Waals surface area contributed by atoms with E-state index in [0.29, 0.717) is 6.04 Å². The third-order valence-corrected chi connectivity index (χ3v) is 5.45. The zero-order valence-corrected chi connectivity index (χ0v) is 15.5. The number of hydrogen-bond donors (Lipinski definition) is 1. The summed E-state index contributed by atoms with van der Waals surface area (Å²) in [6.07, 6.45) is 10.2. The molecule has 1 aromatic heterocycles. The van der Waals surface area contributed by atoms with Crippen LogP contribution in [0.2, 0.25) is 0 Å². The number of aromatic nitrogens is 1. The molecule has 1 aromatic carbocycles. The van der Waals surface area contributed by atoms with Crippen molar-refractivity contribution in [1.82, 2.24) is 9.88 Å². The van der Waals surface area contributed by atoms with Crippen molar-refractivity contribution >= 4 is 16.9 Å². The number of benzene rings is 1. The minimum Gasteiger partial charge on any atom is -0.468 e. The Hall–Kier alpha value is -1.81. The Kier molecular flexibility index (Phi) is 6.14. The highest BCUT2D eigenvalue weighted by atomic mass is 16.5. The van der Waals surface area contributed by atoms with E-state index in [0.717, 1.165) is 18.0 Å². The molecule has 3 rings (SSSR count). The zero-order chi connectivity index (χ0) is 17.6. The lowest BCUT2D eigenvalue weighted by Crippen LogP contribution is -2.28. The molecule has 1 fully saturated rings. The summed E-state index contributed by atoms with van der Waals surface area (Å²) < 4.78 is 6.81. The SMILES string of the molecule is COC(=O)Cn1ccc2cccc(CNC(C)CC3CCCCC3)c21. The quantitative estimate of drug-likeness (QED) is 0.765. The van der Waals surface area contributed by atoms with E-state index in [2.05, 4.69) is 36.5 Å². The Bertz CT molecular complexity index is 701. The van der Waals surface area contributed by atoms with E-state index in [4.69, 9.17) is 4.74 Å². The molecule has 4 nitrogen and oxygen atoms in total. The van der Waals surface area contributed by atoms with Gasteiger partial charge in [-0.3, -0.25) is 4.79 Å². The van der Waals surface area contributed by atoms with E-state index in [9.17, 15) is 4.79 Å². The van der Waals surface area contributed by atoms with Crippen molar-refractivity contribution in [2.24, 2.45) is 5.92 Å². The summed E-state index contributed by atoms with van der Waals surface area (Å²) in [5.74, 6) is 0.668. The Balaban J connectivity index is 1.66. The van der Waals surface area contributed by atoms with Crippen LogP contribution < -0.4 is 5.32 Å². The summed E-state index contributed by atoms with van der Waals surface area (Å²) in [7, 11) is 1.43. The molecule has 2 aromatic rings. The van der Waals surface area contributed by atoms with Crippen LogP contribution in [0.25, 0.3) is 10.9 Å². The van der Waals surface area contributed by atoms with Gasteiger partial charge in [0.25, 0.3) is 0 Å². The van der Waals surface area contributed by atoms with E-state index in [-0.39, 0.29) is 12.5 Å². The normalized spacial score (nSPS) is 16.9. The number of nitrogens with zero attached hydrogens (tertiary/aromatic N) is 1. The Labute approximate surface area is 150 Å². The molecule has 0 saturated heterocycles. The number of methoxy groups -OCH3 is 1.